The van der Waals surface area contributed by atoms with Gasteiger partial charge >= 0.3 is 0 Å². The maximum Gasteiger partial charge on any atom is 0.174 e. The number of aliphatic hydroxyl groups excluding tert-OH is 5. The van der Waals surface area contributed by atoms with E-state index in [1.165, 1.54) is 33.4 Å². The van der Waals surface area contributed by atoms with E-state index in [9.17, 15) is 30.3 Å². The van der Waals surface area contributed by atoms with Crippen molar-refractivity contribution < 1.29 is 44.5 Å². The van der Waals surface area contributed by atoms with Gasteiger partial charge < -0.3 is 54.4 Å². The lowest BCUT2D eigenvalue weighted by molar-refractivity contribution is -0.138. The van der Waals surface area contributed by atoms with Gasteiger partial charge in [0.15, 0.2) is 11.9 Å². The van der Waals surface area contributed by atoms with Crippen LogP contribution >= 0.6 is 0 Å². The molecule has 0 aromatic heterocycles. The van der Waals surface area contributed by atoms with Crippen LogP contribution in [0.4, 0.5) is 0 Å². The van der Waals surface area contributed by atoms with E-state index in [1.54, 1.807) is 0 Å². The average molecular weight is 900 g/mol. The van der Waals surface area contributed by atoms with Crippen molar-refractivity contribution in [2.45, 2.75) is 149 Å². The van der Waals surface area contributed by atoms with Crippen molar-refractivity contribution in [3.63, 3.8) is 0 Å². The lowest BCUT2D eigenvalue weighted by Crippen LogP contribution is -2.66. The minimum Gasteiger partial charge on any atom is -0.486 e. The Morgan fingerprint density at radius 1 is 0.576 bits per heavy atom. The van der Waals surface area contributed by atoms with Gasteiger partial charge in [-0.1, -0.05) is 48.6 Å². The monoisotopic (exact) mass is 899 g/mol. The number of likely N-dealkylation sites (N-methyl/N-ethyl adjacent to an activating group) is 3. The second-order valence-electron chi connectivity index (χ2n) is 22.2. The molecule has 5 N–H and O–H groups in total. The van der Waals surface area contributed by atoms with Gasteiger partial charge in [0.2, 0.25) is 0 Å². The highest BCUT2D eigenvalue weighted by Crippen LogP contribution is 2.65. The third-order valence-electron chi connectivity index (χ3n) is 19.9. The van der Waals surface area contributed by atoms with E-state index in [0.717, 1.165) is 111 Å². The van der Waals surface area contributed by atoms with Crippen molar-refractivity contribution in [3.8, 4) is 17.2 Å². The second-order valence-corrected chi connectivity index (χ2v) is 22.2. The van der Waals surface area contributed by atoms with Crippen LogP contribution in [0.15, 0.2) is 48.6 Å². The first-order chi connectivity index (χ1) is 32.0. The molecule has 15 rings (SSSR count). The zero-order chi connectivity index (χ0) is 45.2. The number of hydrogen-bond acceptors (Lipinski definition) is 12. The third kappa shape index (κ3) is 5.25. The molecule has 14 unspecified atom stereocenters. The number of piperidine rings is 3. The number of carbonyl (C=O) groups excluding carboxylic acids is 1. The average Bonchev–Trinajstić information content (AvgIpc) is 4.00. The van der Waals surface area contributed by atoms with Crippen LogP contribution in [-0.2, 0) is 60.1 Å². The maximum absolute atomic E-state index is 12.6. The van der Waals surface area contributed by atoms with Gasteiger partial charge in [0.25, 0.3) is 0 Å². The Balaban J connectivity index is 0.0000000988. The SMILES string of the molecule is CN1CCC23c4c5ccc(CO)c4OC2C(=O)CCC3C1C5.CN1CCC23c4c5ccc(CO)c4OC2C(O)C=CC3C1C5.CN1CCC23c4c5ccc(CO)c4OC2C(O)CCC3C1C5. The number of ketones is 1. The molecule has 3 aromatic rings. The van der Waals surface area contributed by atoms with E-state index < -0.39 is 6.10 Å². The van der Waals surface area contributed by atoms with Gasteiger partial charge in [-0.2, -0.15) is 0 Å². The molecule has 12 heteroatoms. The van der Waals surface area contributed by atoms with Crippen LogP contribution in [0.5, 0.6) is 17.2 Å². The van der Waals surface area contributed by atoms with Crippen LogP contribution in [0.3, 0.4) is 0 Å². The molecule has 5 fully saturated rings. The molecule has 350 valence electrons. The highest BCUT2D eigenvalue weighted by atomic mass is 16.5. The first kappa shape index (κ1) is 42.3. The van der Waals surface area contributed by atoms with Crippen molar-refractivity contribution >= 4 is 5.78 Å². The molecule has 6 aliphatic heterocycles. The minimum atomic E-state index is -0.565. The lowest BCUT2D eigenvalue weighted by atomic mass is 9.51. The minimum absolute atomic E-state index is 0.00943. The fourth-order valence-electron chi connectivity index (χ4n) is 17.1. The summed E-state index contributed by atoms with van der Waals surface area (Å²) < 4.78 is 18.8. The number of likely N-dealkylation sites (tertiary alicyclic amines) is 3. The van der Waals surface area contributed by atoms with Gasteiger partial charge in [-0.3, -0.25) is 4.79 Å². The topological polar surface area (TPSA) is 156 Å². The summed E-state index contributed by atoms with van der Waals surface area (Å²) in [4.78, 5) is 20.0. The van der Waals surface area contributed by atoms with Crippen molar-refractivity contribution in [1.82, 2.24) is 14.7 Å². The number of hydrogen-bond donors (Lipinski definition) is 5. The van der Waals surface area contributed by atoms with Crippen molar-refractivity contribution in [2.24, 2.45) is 17.8 Å². The Morgan fingerprint density at radius 3 is 1.67 bits per heavy atom. The predicted molar refractivity (Wildman–Crippen MR) is 245 cm³/mol. The highest BCUT2D eigenvalue weighted by molar-refractivity contribution is 5.89. The van der Waals surface area contributed by atoms with Gasteiger partial charge in [-0.15, -0.1) is 0 Å². The van der Waals surface area contributed by atoms with Gasteiger partial charge in [-0.05, 0) is 127 Å². The van der Waals surface area contributed by atoms with Crippen LogP contribution in [0.1, 0.15) is 95.0 Å². The van der Waals surface area contributed by atoms with E-state index >= 15 is 0 Å². The summed E-state index contributed by atoms with van der Waals surface area (Å²) >= 11 is 0. The molecule has 0 amide bonds. The summed E-state index contributed by atoms with van der Waals surface area (Å²) in [5.74, 6) is 4.29. The number of Topliss-reactive ketones (excluding diaryl/α,β-unsaturated/α-hetero) is 1. The van der Waals surface area contributed by atoms with Crippen molar-refractivity contribution in [1.29, 1.82) is 0 Å². The molecule has 3 aromatic carbocycles. The molecule has 12 nitrogen and oxygen atoms in total. The molecule has 0 radical (unpaired) electrons. The molecule has 12 aliphatic rings. The Hall–Kier alpha value is -3.85. The number of rotatable bonds is 3. The smallest absolute Gasteiger partial charge is 0.174 e. The van der Waals surface area contributed by atoms with Crippen LogP contribution in [-0.4, -0.2) is 135 Å². The van der Waals surface area contributed by atoms with E-state index in [2.05, 4.69) is 60.1 Å². The van der Waals surface area contributed by atoms with Crippen LogP contribution < -0.4 is 14.2 Å². The van der Waals surface area contributed by atoms with Gasteiger partial charge in [-0.25, -0.2) is 0 Å². The predicted octanol–water partition coefficient (Wildman–Crippen LogP) is 3.61. The standard InChI is InChI=1S/C18H23NO3.2C18H21NO3/c3*1-19-7-6-18-12-4-5-14(21)17(18)22-16-11(9-20)3-2-10(15(16)18)8-13(12)19/h2-3,12-14,17,20-21H,4-9H2,1H3;2-3,12-13,17,20H,4-9H2,1H3;2-5,12-14,17,20-21H,6-9H2,1H3. The van der Waals surface area contributed by atoms with Gasteiger partial charge in [0, 0.05) is 80.1 Å². The largest absolute Gasteiger partial charge is 0.486 e. The fraction of sp³-hybridized carbons (Fsp3) is 0.611. The summed E-state index contributed by atoms with van der Waals surface area (Å²) in [5.41, 5.74) is 10.2. The highest BCUT2D eigenvalue weighted by Gasteiger charge is 2.68. The number of nitrogens with zero attached hydrogens (tertiary/aromatic N) is 3. The number of benzene rings is 3. The fourth-order valence-corrected chi connectivity index (χ4v) is 17.1. The van der Waals surface area contributed by atoms with Gasteiger partial charge in [0.05, 0.1) is 25.9 Å². The van der Waals surface area contributed by atoms with E-state index in [4.69, 9.17) is 14.2 Å². The molecule has 3 saturated heterocycles. The van der Waals surface area contributed by atoms with E-state index in [1.807, 2.05) is 24.3 Å². The normalized spacial score (nSPS) is 40.6. The molecule has 14 atom stereocenters. The molecule has 6 bridgehead atoms. The molecule has 66 heavy (non-hydrogen) atoms. The summed E-state index contributed by atoms with van der Waals surface area (Å²) in [6.45, 7) is 3.10. The summed E-state index contributed by atoms with van der Waals surface area (Å²) in [5, 5.41) is 50.2. The Kier molecular flexibility index (Phi) is 9.50. The number of aliphatic hydroxyl groups is 5. The Bertz CT molecular complexity index is 2540. The first-order valence-corrected chi connectivity index (χ1v) is 25.0. The third-order valence-corrected chi connectivity index (χ3v) is 19.9. The molecular weight excluding hydrogens is 835 g/mol. The van der Waals surface area contributed by atoms with Crippen molar-refractivity contribution in [2.75, 3.05) is 40.8 Å². The van der Waals surface area contributed by atoms with Crippen molar-refractivity contribution in [3.05, 3.63) is 98.6 Å². The summed E-state index contributed by atoms with van der Waals surface area (Å²) in [6, 6.07) is 14.0. The zero-order valence-corrected chi connectivity index (χ0v) is 38.5. The number of ether oxygens (including phenoxy) is 3. The molecular formula is C54H65N3O9. The molecule has 3 spiro atoms. The number of carbonyl (C=O) groups is 1. The Morgan fingerprint density at radius 2 is 1.06 bits per heavy atom. The van der Waals surface area contributed by atoms with Crippen LogP contribution in [0, 0.1) is 17.8 Å². The zero-order valence-electron chi connectivity index (χ0n) is 38.5. The molecule has 6 aliphatic carbocycles. The molecule has 6 heterocycles. The summed E-state index contributed by atoms with van der Waals surface area (Å²) in [6.07, 6.45) is 12.3. The van der Waals surface area contributed by atoms with Crippen LogP contribution in [0.25, 0.3) is 0 Å². The van der Waals surface area contributed by atoms with E-state index in [-0.39, 0.29) is 66.3 Å². The quantitative estimate of drug-likeness (QED) is 0.244. The first-order valence-electron chi connectivity index (χ1n) is 25.0. The van der Waals surface area contributed by atoms with E-state index in [0.29, 0.717) is 42.3 Å². The maximum atomic E-state index is 12.6. The van der Waals surface area contributed by atoms with Gasteiger partial charge in [0.1, 0.15) is 35.6 Å². The molecule has 2 saturated carbocycles. The Labute approximate surface area is 387 Å². The lowest BCUT2D eigenvalue weighted by Gasteiger charge is -2.58. The second kappa shape index (κ2) is 14.8. The summed E-state index contributed by atoms with van der Waals surface area (Å²) in [7, 11) is 6.66. The van der Waals surface area contributed by atoms with Crippen LogP contribution in [0.2, 0.25) is 0 Å².